The molecule has 0 fully saturated rings. The first-order chi connectivity index (χ1) is 10.7. The van der Waals surface area contributed by atoms with Gasteiger partial charge in [0.05, 0.1) is 6.61 Å². The fraction of sp³-hybridized carbons (Fsp3) is 0.933. The molecule has 0 rings (SSSR count). The van der Waals surface area contributed by atoms with E-state index in [9.17, 15) is 4.79 Å². The highest BCUT2D eigenvalue weighted by atomic mass is 32.3. The van der Waals surface area contributed by atoms with Crippen molar-refractivity contribution in [2.75, 3.05) is 6.61 Å². The van der Waals surface area contributed by atoms with Crippen LogP contribution in [0.15, 0.2) is 0 Å². The molecule has 8 heteroatoms. The summed E-state index contributed by atoms with van der Waals surface area (Å²) in [6.45, 7) is 4.12. The van der Waals surface area contributed by atoms with Gasteiger partial charge in [0, 0.05) is 0 Å². The van der Waals surface area contributed by atoms with Gasteiger partial charge in [0.2, 0.25) is 0 Å². The SMILES string of the molecule is CCCCCCCCCCCCOC(=O)C(C)O.O=S(=O)(O)O. The molecule has 1 atom stereocenters. The average Bonchev–Trinajstić information content (AvgIpc) is 2.42. The molecule has 0 aliphatic rings. The molecule has 1 unspecified atom stereocenters. The Hall–Kier alpha value is -0.700. The van der Waals surface area contributed by atoms with Crippen LogP contribution < -0.4 is 0 Å². The molecule has 0 saturated carbocycles. The Balaban J connectivity index is 0. The second-order valence-electron chi connectivity index (χ2n) is 5.47. The van der Waals surface area contributed by atoms with Gasteiger partial charge in [-0.2, -0.15) is 8.42 Å². The predicted molar refractivity (Wildman–Crippen MR) is 88.7 cm³/mol. The Morgan fingerprint density at radius 1 is 0.913 bits per heavy atom. The van der Waals surface area contributed by atoms with Crippen LogP contribution in [0.2, 0.25) is 0 Å². The number of ether oxygens (including phenoxy) is 1. The fourth-order valence-corrected chi connectivity index (χ4v) is 1.88. The first kappa shape index (κ1) is 24.6. The van der Waals surface area contributed by atoms with Crippen molar-refractivity contribution in [3.8, 4) is 0 Å². The number of esters is 1. The third-order valence-corrected chi connectivity index (χ3v) is 3.08. The van der Waals surface area contributed by atoms with Gasteiger partial charge in [-0.25, -0.2) is 4.79 Å². The summed E-state index contributed by atoms with van der Waals surface area (Å²) in [7, 11) is -4.67. The number of carbonyl (C=O) groups excluding carboxylic acids is 1. The fourth-order valence-electron chi connectivity index (χ4n) is 1.88. The van der Waals surface area contributed by atoms with Gasteiger partial charge in [0.1, 0.15) is 6.10 Å². The van der Waals surface area contributed by atoms with Crippen molar-refractivity contribution in [1.29, 1.82) is 0 Å². The molecule has 0 saturated heterocycles. The van der Waals surface area contributed by atoms with E-state index in [1.807, 2.05) is 0 Å². The smallest absolute Gasteiger partial charge is 0.394 e. The van der Waals surface area contributed by atoms with Crippen LogP contribution >= 0.6 is 0 Å². The molecule has 0 aromatic heterocycles. The van der Waals surface area contributed by atoms with Gasteiger partial charge in [-0.1, -0.05) is 64.7 Å². The van der Waals surface area contributed by atoms with Crippen LogP contribution in [-0.2, 0) is 19.9 Å². The van der Waals surface area contributed by atoms with E-state index in [0.717, 1.165) is 12.8 Å². The summed E-state index contributed by atoms with van der Waals surface area (Å²) < 4.78 is 36.5. The zero-order chi connectivity index (χ0) is 18.1. The van der Waals surface area contributed by atoms with E-state index in [1.165, 1.54) is 58.3 Å². The van der Waals surface area contributed by atoms with Crippen molar-refractivity contribution in [2.45, 2.75) is 84.2 Å². The number of hydrogen-bond donors (Lipinski definition) is 3. The number of rotatable bonds is 12. The molecule has 0 radical (unpaired) electrons. The lowest BCUT2D eigenvalue weighted by molar-refractivity contribution is -0.152. The van der Waals surface area contributed by atoms with Gasteiger partial charge in [-0.15, -0.1) is 0 Å². The minimum atomic E-state index is -4.67. The summed E-state index contributed by atoms with van der Waals surface area (Å²) in [5, 5.41) is 8.91. The molecule has 140 valence electrons. The van der Waals surface area contributed by atoms with E-state index in [0.29, 0.717) is 6.61 Å². The minimum absolute atomic E-state index is 0.445. The van der Waals surface area contributed by atoms with Crippen molar-refractivity contribution < 1.29 is 32.2 Å². The van der Waals surface area contributed by atoms with Crippen molar-refractivity contribution >= 4 is 16.4 Å². The summed E-state index contributed by atoms with van der Waals surface area (Å²) >= 11 is 0. The summed E-state index contributed by atoms with van der Waals surface area (Å²) in [5.74, 6) is -0.508. The molecule has 0 aromatic carbocycles. The summed E-state index contributed by atoms with van der Waals surface area (Å²) in [6.07, 6.45) is 11.7. The lowest BCUT2D eigenvalue weighted by atomic mass is 10.1. The molecule has 0 aliphatic carbocycles. The van der Waals surface area contributed by atoms with Gasteiger partial charge in [0.25, 0.3) is 0 Å². The summed E-state index contributed by atoms with van der Waals surface area (Å²) in [5.41, 5.74) is 0. The van der Waals surface area contributed by atoms with Crippen molar-refractivity contribution in [2.24, 2.45) is 0 Å². The number of aliphatic hydroxyl groups is 1. The molecule has 0 bridgehead atoms. The molecule has 0 amide bonds. The van der Waals surface area contributed by atoms with E-state index in [-0.39, 0.29) is 0 Å². The Labute approximate surface area is 140 Å². The molecule has 0 spiro atoms. The third kappa shape index (κ3) is 29.9. The number of aliphatic hydroxyl groups excluding tert-OH is 1. The molecule has 0 heterocycles. The van der Waals surface area contributed by atoms with Gasteiger partial charge in [-0.3, -0.25) is 9.11 Å². The predicted octanol–water partition coefficient (Wildman–Crippen LogP) is 3.18. The molecule has 0 aliphatic heterocycles. The van der Waals surface area contributed by atoms with Gasteiger partial charge in [-0.05, 0) is 13.3 Å². The maximum Gasteiger partial charge on any atom is 0.394 e. The lowest BCUT2D eigenvalue weighted by Crippen LogP contribution is -2.19. The zero-order valence-electron chi connectivity index (χ0n) is 14.2. The van der Waals surface area contributed by atoms with Gasteiger partial charge >= 0.3 is 16.4 Å². The Bertz CT molecular complexity index is 358. The van der Waals surface area contributed by atoms with Crippen LogP contribution in [0.3, 0.4) is 0 Å². The normalized spacial score (nSPS) is 12.2. The van der Waals surface area contributed by atoms with Crippen LogP contribution in [0.25, 0.3) is 0 Å². The average molecular weight is 356 g/mol. The maximum atomic E-state index is 10.9. The summed E-state index contributed by atoms with van der Waals surface area (Å²) in [6, 6.07) is 0. The van der Waals surface area contributed by atoms with E-state index in [2.05, 4.69) is 6.92 Å². The highest BCUT2D eigenvalue weighted by Gasteiger charge is 2.08. The van der Waals surface area contributed by atoms with Crippen LogP contribution in [0.5, 0.6) is 0 Å². The topological polar surface area (TPSA) is 121 Å². The molecular weight excluding hydrogens is 324 g/mol. The Morgan fingerprint density at radius 2 is 1.26 bits per heavy atom. The number of carbonyl (C=O) groups is 1. The van der Waals surface area contributed by atoms with E-state index in [1.54, 1.807) is 0 Å². The largest absolute Gasteiger partial charge is 0.464 e. The van der Waals surface area contributed by atoms with Crippen molar-refractivity contribution in [3.63, 3.8) is 0 Å². The summed E-state index contributed by atoms with van der Waals surface area (Å²) in [4.78, 5) is 10.9. The number of unbranched alkanes of at least 4 members (excludes halogenated alkanes) is 9. The van der Waals surface area contributed by atoms with Crippen LogP contribution in [0.1, 0.15) is 78.1 Å². The van der Waals surface area contributed by atoms with Crippen LogP contribution in [0, 0.1) is 0 Å². The van der Waals surface area contributed by atoms with Crippen LogP contribution in [0.4, 0.5) is 0 Å². The monoisotopic (exact) mass is 356 g/mol. The molecular formula is C15H32O7S. The third-order valence-electron chi connectivity index (χ3n) is 3.08. The minimum Gasteiger partial charge on any atom is -0.464 e. The molecule has 23 heavy (non-hydrogen) atoms. The molecule has 7 nitrogen and oxygen atoms in total. The van der Waals surface area contributed by atoms with Crippen LogP contribution in [-0.4, -0.2) is 41.3 Å². The van der Waals surface area contributed by atoms with E-state index < -0.39 is 22.5 Å². The van der Waals surface area contributed by atoms with Gasteiger partial charge in [0.15, 0.2) is 0 Å². The Kier molecular flexibility index (Phi) is 17.3. The van der Waals surface area contributed by atoms with Gasteiger partial charge < -0.3 is 9.84 Å². The highest BCUT2D eigenvalue weighted by Crippen LogP contribution is 2.10. The lowest BCUT2D eigenvalue weighted by Gasteiger charge is -2.06. The second-order valence-corrected chi connectivity index (χ2v) is 6.37. The first-order valence-electron chi connectivity index (χ1n) is 8.23. The van der Waals surface area contributed by atoms with Crippen molar-refractivity contribution in [3.05, 3.63) is 0 Å². The van der Waals surface area contributed by atoms with E-state index >= 15 is 0 Å². The van der Waals surface area contributed by atoms with E-state index in [4.69, 9.17) is 27.4 Å². The zero-order valence-corrected chi connectivity index (χ0v) is 15.1. The molecule has 3 N–H and O–H groups in total. The molecule has 0 aromatic rings. The first-order valence-corrected chi connectivity index (χ1v) is 9.62. The Morgan fingerprint density at radius 3 is 1.61 bits per heavy atom. The van der Waals surface area contributed by atoms with Crippen molar-refractivity contribution in [1.82, 2.24) is 0 Å². The number of hydrogen-bond acceptors (Lipinski definition) is 5. The highest BCUT2D eigenvalue weighted by molar-refractivity contribution is 7.79. The second kappa shape index (κ2) is 16.2. The maximum absolute atomic E-state index is 10.9. The standard InChI is InChI=1S/C15H30O3.H2O4S/c1-3-4-5-6-7-8-9-10-11-12-13-18-15(17)14(2)16;1-5(2,3)4/h14,16H,3-13H2,1-2H3;(H2,1,2,3,4). The quantitative estimate of drug-likeness (QED) is 0.279.